The number of para-hydroxylation sites is 1. The summed E-state index contributed by atoms with van der Waals surface area (Å²) in [5.41, 5.74) is 3.01. The van der Waals surface area contributed by atoms with Crippen molar-refractivity contribution in [2.24, 2.45) is 0 Å². The molecule has 110 valence electrons. The molecule has 1 atom stereocenters. The third kappa shape index (κ3) is 4.33. The lowest BCUT2D eigenvalue weighted by Gasteiger charge is -2.17. The van der Waals surface area contributed by atoms with Crippen LogP contribution in [0.15, 0.2) is 53.0 Å². The van der Waals surface area contributed by atoms with Crippen LogP contribution in [0.5, 0.6) is 0 Å². The molecular weight excluding hydrogens is 328 g/mol. The standard InChI is InChI=1S/C17H19BrN2O/c1-3-13-6-4-5-7-16(13)19-12(2)17(21)20-15-10-8-14(18)9-11-15/h4-12,19H,3H2,1-2H3,(H,20,21)/t12-/m0/s1. The lowest BCUT2D eigenvalue weighted by atomic mass is 10.1. The molecule has 0 radical (unpaired) electrons. The van der Waals surface area contributed by atoms with E-state index in [2.05, 4.69) is 39.6 Å². The van der Waals surface area contributed by atoms with Gasteiger partial charge in [-0.05, 0) is 49.2 Å². The number of hydrogen-bond donors (Lipinski definition) is 2. The van der Waals surface area contributed by atoms with Gasteiger partial charge >= 0.3 is 0 Å². The maximum Gasteiger partial charge on any atom is 0.246 e. The summed E-state index contributed by atoms with van der Waals surface area (Å²) in [6, 6.07) is 15.3. The van der Waals surface area contributed by atoms with Crippen molar-refractivity contribution in [1.82, 2.24) is 0 Å². The topological polar surface area (TPSA) is 41.1 Å². The summed E-state index contributed by atoms with van der Waals surface area (Å²) in [5.74, 6) is -0.0526. The molecule has 3 nitrogen and oxygen atoms in total. The second-order valence-electron chi connectivity index (χ2n) is 4.87. The molecule has 0 spiro atoms. The molecule has 0 saturated carbocycles. The van der Waals surface area contributed by atoms with Gasteiger partial charge in [0.1, 0.15) is 6.04 Å². The first-order chi connectivity index (χ1) is 10.1. The van der Waals surface area contributed by atoms with Gasteiger partial charge in [0.2, 0.25) is 5.91 Å². The summed E-state index contributed by atoms with van der Waals surface area (Å²) in [6.07, 6.45) is 0.935. The molecule has 0 fully saturated rings. The second-order valence-corrected chi connectivity index (χ2v) is 5.79. The van der Waals surface area contributed by atoms with Crippen molar-refractivity contribution in [3.05, 3.63) is 58.6 Å². The second kappa shape index (κ2) is 7.27. The van der Waals surface area contributed by atoms with Crippen LogP contribution in [-0.2, 0) is 11.2 Å². The summed E-state index contributed by atoms with van der Waals surface area (Å²) < 4.78 is 0.989. The summed E-state index contributed by atoms with van der Waals surface area (Å²) in [6.45, 7) is 3.97. The Balaban J connectivity index is 2.01. The molecule has 0 aliphatic rings. The number of hydrogen-bond acceptors (Lipinski definition) is 2. The average Bonchev–Trinajstić information content (AvgIpc) is 2.50. The van der Waals surface area contributed by atoms with E-state index in [0.29, 0.717) is 0 Å². The van der Waals surface area contributed by atoms with Crippen molar-refractivity contribution in [2.75, 3.05) is 10.6 Å². The van der Waals surface area contributed by atoms with Crippen LogP contribution in [0.25, 0.3) is 0 Å². The number of nitrogens with one attached hydrogen (secondary N) is 2. The zero-order valence-electron chi connectivity index (χ0n) is 12.2. The van der Waals surface area contributed by atoms with E-state index in [0.717, 1.165) is 22.3 Å². The number of aryl methyl sites for hydroxylation is 1. The fraction of sp³-hybridized carbons (Fsp3) is 0.235. The van der Waals surface area contributed by atoms with Crippen LogP contribution in [0, 0.1) is 0 Å². The van der Waals surface area contributed by atoms with Crippen LogP contribution >= 0.6 is 15.9 Å². The van der Waals surface area contributed by atoms with Gasteiger partial charge in [0.25, 0.3) is 0 Å². The van der Waals surface area contributed by atoms with Crippen LogP contribution in [0.3, 0.4) is 0 Å². The van der Waals surface area contributed by atoms with E-state index in [1.165, 1.54) is 5.56 Å². The molecule has 2 rings (SSSR count). The van der Waals surface area contributed by atoms with E-state index in [1.807, 2.05) is 49.4 Å². The molecule has 1 amide bonds. The van der Waals surface area contributed by atoms with E-state index in [4.69, 9.17) is 0 Å². The summed E-state index contributed by atoms with van der Waals surface area (Å²) >= 11 is 3.38. The third-order valence-electron chi connectivity index (χ3n) is 3.28. The number of rotatable bonds is 5. The Labute approximate surface area is 133 Å². The van der Waals surface area contributed by atoms with Gasteiger partial charge in [-0.15, -0.1) is 0 Å². The van der Waals surface area contributed by atoms with Gasteiger partial charge in [-0.1, -0.05) is 41.1 Å². The van der Waals surface area contributed by atoms with Crippen molar-refractivity contribution >= 4 is 33.2 Å². The van der Waals surface area contributed by atoms with Crippen molar-refractivity contribution in [3.8, 4) is 0 Å². The zero-order chi connectivity index (χ0) is 15.2. The third-order valence-corrected chi connectivity index (χ3v) is 3.80. The number of halogens is 1. The van der Waals surface area contributed by atoms with E-state index in [9.17, 15) is 4.79 Å². The Morgan fingerprint density at radius 2 is 1.81 bits per heavy atom. The predicted octanol–water partition coefficient (Wildman–Crippen LogP) is 4.45. The molecule has 2 aromatic carbocycles. The van der Waals surface area contributed by atoms with E-state index >= 15 is 0 Å². The molecule has 4 heteroatoms. The predicted molar refractivity (Wildman–Crippen MR) is 91.7 cm³/mol. The molecular formula is C17H19BrN2O. The van der Waals surface area contributed by atoms with E-state index in [-0.39, 0.29) is 11.9 Å². The number of anilines is 2. The highest BCUT2D eigenvalue weighted by Gasteiger charge is 2.13. The van der Waals surface area contributed by atoms with Crippen LogP contribution in [0.1, 0.15) is 19.4 Å². The lowest BCUT2D eigenvalue weighted by Crippen LogP contribution is -2.32. The highest BCUT2D eigenvalue weighted by atomic mass is 79.9. The minimum Gasteiger partial charge on any atom is -0.374 e. The first-order valence-electron chi connectivity index (χ1n) is 7.01. The van der Waals surface area contributed by atoms with Gasteiger partial charge in [-0.2, -0.15) is 0 Å². The van der Waals surface area contributed by atoms with Crippen LogP contribution in [-0.4, -0.2) is 11.9 Å². The van der Waals surface area contributed by atoms with E-state index in [1.54, 1.807) is 0 Å². The Bertz CT molecular complexity index is 610. The number of carbonyl (C=O) groups is 1. The fourth-order valence-electron chi connectivity index (χ4n) is 2.05. The summed E-state index contributed by atoms with van der Waals surface area (Å²) in [4.78, 5) is 12.2. The summed E-state index contributed by atoms with van der Waals surface area (Å²) in [7, 11) is 0. The Kier molecular flexibility index (Phi) is 5.39. The molecule has 0 aliphatic heterocycles. The van der Waals surface area contributed by atoms with Crippen LogP contribution in [0.4, 0.5) is 11.4 Å². The first kappa shape index (κ1) is 15.6. The SMILES string of the molecule is CCc1ccccc1N[C@@H](C)C(=O)Nc1ccc(Br)cc1. The summed E-state index contributed by atoms with van der Waals surface area (Å²) in [5, 5.41) is 6.18. The molecule has 0 heterocycles. The Morgan fingerprint density at radius 1 is 1.14 bits per heavy atom. The van der Waals surface area contributed by atoms with Gasteiger partial charge in [-0.25, -0.2) is 0 Å². The zero-order valence-corrected chi connectivity index (χ0v) is 13.8. The molecule has 0 aliphatic carbocycles. The smallest absolute Gasteiger partial charge is 0.246 e. The normalized spacial score (nSPS) is 11.8. The van der Waals surface area contributed by atoms with Gasteiger partial charge in [0, 0.05) is 15.8 Å². The molecule has 2 N–H and O–H groups in total. The van der Waals surface area contributed by atoms with E-state index < -0.39 is 0 Å². The molecule has 0 bridgehead atoms. The minimum atomic E-state index is -0.304. The van der Waals surface area contributed by atoms with Gasteiger partial charge in [-0.3, -0.25) is 4.79 Å². The quantitative estimate of drug-likeness (QED) is 0.839. The van der Waals surface area contributed by atoms with Crippen LogP contribution < -0.4 is 10.6 Å². The molecule has 0 aromatic heterocycles. The Morgan fingerprint density at radius 3 is 2.48 bits per heavy atom. The van der Waals surface area contributed by atoms with Gasteiger partial charge in [0.15, 0.2) is 0 Å². The first-order valence-corrected chi connectivity index (χ1v) is 7.80. The average molecular weight is 347 g/mol. The molecule has 2 aromatic rings. The molecule has 21 heavy (non-hydrogen) atoms. The van der Waals surface area contributed by atoms with Gasteiger partial charge < -0.3 is 10.6 Å². The Hall–Kier alpha value is -1.81. The number of benzene rings is 2. The molecule has 0 saturated heterocycles. The van der Waals surface area contributed by atoms with Crippen molar-refractivity contribution in [2.45, 2.75) is 26.3 Å². The van der Waals surface area contributed by atoms with Gasteiger partial charge in [0.05, 0.1) is 0 Å². The maximum atomic E-state index is 12.2. The van der Waals surface area contributed by atoms with Crippen molar-refractivity contribution in [1.29, 1.82) is 0 Å². The number of carbonyl (C=O) groups excluding carboxylic acids is 1. The van der Waals surface area contributed by atoms with Crippen LogP contribution in [0.2, 0.25) is 0 Å². The minimum absolute atomic E-state index is 0.0526. The maximum absolute atomic E-state index is 12.2. The lowest BCUT2D eigenvalue weighted by molar-refractivity contribution is -0.116. The highest BCUT2D eigenvalue weighted by Crippen LogP contribution is 2.18. The number of amides is 1. The van der Waals surface area contributed by atoms with Crippen molar-refractivity contribution < 1.29 is 4.79 Å². The molecule has 0 unspecified atom stereocenters. The monoisotopic (exact) mass is 346 g/mol. The highest BCUT2D eigenvalue weighted by molar-refractivity contribution is 9.10. The largest absolute Gasteiger partial charge is 0.374 e. The van der Waals surface area contributed by atoms with Crippen molar-refractivity contribution in [3.63, 3.8) is 0 Å². The fourth-order valence-corrected chi connectivity index (χ4v) is 2.32.